The molecule has 0 amide bonds. The summed E-state index contributed by atoms with van der Waals surface area (Å²) in [5.41, 5.74) is 0. The van der Waals surface area contributed by atoms with Crippen LogP contribution < -0.4 is 18.9 Å². The Morgan fingerprint density at radius 3 is 1.03 bits per heavy atom. The summed E-state index contributed by atoms with van der Waals surface area (Å²) in [7, 11) is 6.48. The molecule has 31 heavy (non-hydrogen) atoms. The summed E-state index contributed by atoms with van der Waals surface area (Å²) in [6.45, 7) is 0. The van der Waals surface area contributed by atoms with Crippen molar-refractivity contribution >= 4 is 43.1 Å². The molecule has 0 aromatic heterocycles. The lowest BCUT2D eigenvalue weighted by Gasteiger charge is -2.13. The van der Waals surface area contributed by atoms with Gasteiger partial charge in [-0.2, -0.15) is 0 Å². The molecule has 1 N–H and O–H groups in total. The predicted molar refractivity (Wildman–Crippen MR) is 124 cm³/mol. The normalized spacial score (nSPS) is 11.4. The molecular weight excluding hydrogens is 392 g/mol. The summed E-state index contributed by atoms with van der Waals surface area (Å²) >= 11 is 0. The Kier molecular flexibility index (Phi) is 4.40. The highest BCUT2D eigenvalue weighted by molar-refractivity contribution is 6.13. The standard InChI is InChI=1S/C26H22O5/c1-28-22-10-14-5-18-7-19-6-15-11-23(29-2)25(31-4)13-17(15)9-21(19)26(27)20(18)8-16(14)12-24(22)30-3/h5-13,27H,1-4H3. The molecule has 0 unspecified atom stereocenters. The van der Waals surface area contributed by atoms with E-state index in [0.717, 1.165) is 43.1 Å². The second kappa shape index (κ2) is 7.13. The SMILES string of the molecule is COc1cc2cc3cc4cc5cc(OC)c(OC)cc5cc4c(O)c3cc2cc1OC. The van der Waals surface area contributed by atoms with Gasteiger partial charge < -0.3 is 24.1 Å². The lowest BCUT2D eigenvalue weighted by Crippen LogP contribution is -1.91. The number of benzene rings is 5. The van der Waals surface area contributed by atoms with Crippen LogP contribution in [0.2, 0.25) is 0 Å². The minimum Gasteiger partial charge on any atom is -0.507 e. The minimum absolute atomic E-state index is 0.251. The van der Waals surface area contributed by atoms with E-state index in [9.17, 15) is 5.11 Å². The van der Waals surface area contributed by atoms with E-state index in [4.69, 9.17) is 18.9 Å². The Hall–Kier alpha value is -3.86. The number of hydrogen-bond donors (Lipinski definition) is 1. The van der Waals surface area contributed by atoms with Gasteiger partial charge in [0, 0.05) is 10.8 Å². The highest BCUT2D eigenvalue weighted by Gasteiger charge is 2.13. The van der Waals surface area contributed by atoms with Crippen molar-refractivity contribution < 1.29 is 24.1 Å². The summed E-state index contributed by atoms with van der Waals surface area (Å²) in [4.78, 5) is 0. The fourth-order valence-electron chi connectivity index (χ4n) is 4.25. The van der Waals surface area contributed by atoms with Gasteiger partial charge in [0.15, 0.2) is 23.0 Å². The summed E-state index contributed by atoms with van der Waals surface area (Å²) in [6, 6.07) is 17.9. The molecule has 0 radical (unpaired) electrons. The zero-order chi connectivity index (χ0) is 21.7. The first-order chi connectivity index (χ1) is 15.1. The molecule has 0 aliphatic carbocycles. The van der Waals surface area contributed by atoms with Gasteiger partial charge in [0.1, 0.15) is 5.75 Å². The molecule has 0 saturated carbocycles. The molecule has 0 bridgehead atoms. The Bertz CT molecular complexity index is 1380. The van der Waals surface area contributed by atoms with Gasteiger partial charge in [-0.3, -0.25) is 0 Å². The maximum Gasteiger partial charge on any atom is 0.161 e. The van der Waals surface area contributed by atoms with Gasteiger partial charge in [-0.15, -0.1) is 0 Å². The van der Waals surface area contributed by atoms with E-state index in [2.05, 4.69) is 18.2 Å². The predicted octanol–water partition coefficient (Wildman–Crippen LogP) is 6.04. The molecular formula is C26H22O5. The first kappa shape index (κ1) is 19.1. The van der Waals surface area contributed by atoms with Gasteiger partial charge in [-0.1, -0.05) is 0 Å². The monoisotopic (exact) mass is 414 g/mol. The number of aromatic hydroxyl groups is 1. The minimum atomic E-state index is 0.251. The summed E-state index contributed by atoms with van der Waals surface area (Å²) in [6.07, 6.45) is 0. The molecule has 5 aromatic carbocycles. The molecule has 0 spiro atoms. The molecule has 5 nitrogen and oxygen atoms in total. The number of methoxy groups -OCH3 is 4. The molecule has 0 aliphatic rings. The van der Waals surface area contributed by atoms with E-state index in [-0.39, 0.29) is 5.75 Å². The fraction of sp³-hybridized carbons (Fsp3) is 0.154. The molecule has 0 fully saturated rings. The average molecular weight is 414 g/mol. The topological polar surface area (TPSA) is 57.2 Å². The second-order valence-electron chi connectivity index (χ2n) is 7.48. The summed E-state index contributed by atoms with van der Waals surface area (Å²) in [5, 5.41) is 18.6. The van der Waals surface area contributed by atoms with Crippen LogP contribution in [-0.2, 0) is 0 Å². The van der Waals surface area contributed by atoms with Crippen molar-refractivity contribution in [2.45, 2.75) is 0 Å². The van der Waals surface area contributed by atoms with E-state index in [0.29, 0.717) is 23.0 Å². The molecule has 5 rings (SSSR count). The number of phenolic OH excluding ortho intramolecular Hbond substituents is 1. The molecule has 0 aliphatic heterocycles. The van der Waals surface area contributed by atoms with Crippen molar-refractivity contribution in [2.24, 2.45) is 0 Å². The van der Waals surface area contributed by atoms with Crippen LogP contribution in [0.15, 0.2) is 54.6 Å². The fourth-order valence-corrected chi connectivity index (χ4v) is 4.25. The zero-order valence-corrected chi connectivity index (χ0v) is 17.8. The second-order valence-corrected chi connectivity index (χ2v) is 7.48. The van der Waals surface area contributed by atoms with Gasteiger partial charge in [0.25, 0.3) is 0 Å². The largest absolute Gasteiger partial charge is 0.507 e. The van der Waals surface area contributed by atoms with Crippen molar-refractivity contribution in [2.75, 3.05) is 28.4 Å². The van der Waals surface area contributed by atoms with Crippen molar-refractivity contribution in [3.63, 3.8) is 0 Å². The van der Waals surface area contributed by atoms with Gasteiger partial charge >= 0.3 is 0 Å². The van der Waals surface area contributed by atoms with Crippen LogP contribution in [0, 0.1) is 0 Å². The molecule has 156 valence electrons. The highest BCUT2D eigenvalue weighted by Crippen LogP contribution is 2.41. The molecule has 5 aromatic rings. The smallest absolute Gasteiger partial charge is 0.161 e. The molecule has 5 heteroatoms. The third-order valence-corrected chi connectivity index (χ3v) is 5.84. The first-order valence-corrected chi connectivity index (χ1v) is 9.87. The van der Waals surface area contributed by atoms with Crippen LogP contribution in [0.5, 0.6) is 28.7 Å². The van der Waals surface area contributed by atoms with Crippen LogP contribution in [0.25, 0.3) is 43.1 Å². The van der Waals surface area contributed by atoms with Gasteiger partial charge in [-0.05, 0) is 86.9 Å². The lowest BCUT2D eigenvalue weighted by atomic mass is 9.96. The number of ether oxygens (including phenoxy) is 4. The maximum atomic E-state index is 11.2. The average Bonchev–Trinajstić information content (AvgIpc) is 2.80. The Morgan fingerprint density at radius 2 is 0.710 bits per heavy atom. The summed E-state index contributed by atoms with van der Waals surface area (Å²) < 4.78 is 21.8. The Labute approximate surface area is 179 Å². The van der Waals surface area contributed by atoms with Crippen molar-refractivity contribution in [1.29, 1.82) is 0 Å². The van der Waals surface area contributed by atoms with Crippen molar-refractivity contribution in [3.05, 3.63) is 54.6 Å². The lowest BCUT2D eigenvalue weighted by molar-refractivity contribution is 0.356. The van der Waals surface area contributed by atoms with E-state index < -0.39 is 0 Å². The van der Waals surface area contributed by atoms with Crippen LogP contribution in [0.3, 0.4) is 0 Å². The van der Waals surface area contributed by atoms with E-state index in [1.54, 1.807) is 28.4 Å². The van der Waals surface area contributed by atoms with E-state index >= 15 is 0 Å². The Morgan fingerprint density at radius 1 is 0.419 bits per heavy atom. The number of hydrogen-bond acceptors (Lipinski definition) is 5. The molecule has 0 heterocycles. The number of fused-ring (bicyclic) bond motifs is 4. The van der Waals surface area contributed by atoms with Crippen LogP contribution in [-0.4, -0.2) is 33.5 Å². The molecule has 0 atom stereocenters. The van der Waals surface area contributed by atoms with Crippen molar-refractivity contribution in [3.8, 4) is 28.7 Å². The third-order valence-electron chi connectivity index (χ3n) is 5.84. The van der Waals surface area contributed by atoms with Gasteiger partial charge in [0.05, 0.1) is 28.4 Å². The van der Waals surface area contributed by atoms with Crippen LogP contribution in [0.4, 0.5) is 0 Å². The van der Waals surface area contributed by atoms with Gasteiger partial charge in [0.2, 0.25) is 0 Å². The third kappa shape index (κ3) is 2.93. The first-order valence-electron chi connectivity index (χ1n) is 9.87. The summed E-state index contributed by atoms with van der Waals surface area (Å²) in [5.74, 6) is 2.90. The zero-order valence-electron chi connectivity index (χ0n) is 17.8. The maximum absolute atomic E-state index is 11.2. The molecule has 0 saturated heterocycles. The van der Waals surface area contributed by atoms with Crippen molar-refractivity contribution in [1.82, 2.24) is 0 Å². The van der Waals surface area contributed by atoms with Gasteiger partial charge in [-0.25, -0.2) is 0 Å². The van der Waals surface area contributed by atoms with E-state index in [1.807, 2.05) is 36.4 Å². The van der Waals surface area contributed by atoms with Crippen LogP contribution >= 0.6 is 0 Å². The number of phenols is 1. The highest BCUT2D eigenvalue weighted by atomic mass is 16.5. The van der Waals surface area contributed by atoms with Crippen LogP contribution in [0.1, 0.15) is 0 Å². The number of rotatable bonds is 4. The quantitative estimate of drug-likeness (QED) is 0.363. The van der Waals surface area contributed by atoms with E-state index in [1.165, 1.54) is 0 Å². The Balaban J connectivity index is 1.83.